The molecule has 1 aliphatic heterocycles. The average Bonchev–Trinajstić information content (AvgIpc) is 2.47. The zero-order valence-corrected chi connectivity index (χ0v) is 12.6. The molecule has 2 N–H and O–H groups in total. The van der Waals surface area contributed by atoms with Crippen molar-refractivity contribution in [1.29, 1.82) is 0 Å². The second kappa shape index (κ2) is 7.08. The number of nitrogens with one attached hydrogen (secondary N) is 1. The van der Waals surface area contributed by atoms with Crippen LogP contribution in [0.5, 0.6) is 11.5 Å². The lowest BCUT2D eigenvalue weighted by Crippen LogP contribution is -2.38. The van der Waals surface area contributed by atoms with Crippen LogP contribution in [-0.2, 0) is 14.8 Å². The highest BCUT2D eigenvalue weighted by Crippen LogP contribution is 2.32. The third-order valence-electron chi connectivity index (χ3n) is 2.99. The SMILES string of the molecule is COCC(CCO)NS(=O)(=O)c1ccc2c(c1)OCCO2. The molecule has 1 atom stereocenters. The van der Waals surface area contributed by atoms with E-state index in [9.17, 15) is 8.42 Å². The fourth-order valence-electron chi connectivity index (χ4n) is 2.01. The number of methoxy groups -OCH3 is 1. The Labute approximate surface area is 123 Å². The Morgan fingerprint density at radius 3 is 2.71 bits per heavy atom. The molecule has 118 valence electrons. The van der Waals surface area contributed by atoms with Gasteiger partial charge in [-0.05, 0) is 18.6 Å². The Hall–Kier alpha value is -1.35. The van der Waals surface area contributed by atoms with E-state index in [4.69, 9.17) is 19.3 Å². The van der Waals surface area contributed by atoms with E-state index in [1.54, 1.807) is 6.07 Å². The highest BCUT2D eigenvalue weighted by atomic mass is 32.2. The predicted octanol–water partition coefficient (Wildman–Crippen LogP) is 0.133. The van der Waals surface area contributed by atoms with Crippen LogP contribution >= 0.6 is 0 Å². The maximum Gasteiger partial charge on any atom is 0.241 e. The van der Waals surface area contributed by atoms with Crippen LogP contribution in [0.15, 0.2) is 23.1 Å². The normalized spacial score (nSPS) is 15.7. The van der Waals surface area contributed by atoms with Crippen LogP contribution in [-0.4, -0.2) is 53.1 Å². The number of benzene rings is 1. The lowest BCUT2D eigenvalue weighted by atomic mass is 10.2. The minimum absolute atomic E-state index is 0.0887. The van der Waals surface area contributed by atoms with Gasteiger partial charge in [0.2, 0.25) is 10.0 Å². The van der Waals surface area contributed by atoms with Gasteiger partial charge >= 0.3 is 0 Å². The number of fused-ring (bicyclic) bond motifs is 1. The highest BCUT2D eigenvalue weighted by molar-refractivity contribution is 7.89. The smallest absolute Gasteiger partial charge is 0.241 e. The van der Waals surface area contributed by atoms with Gasteiger partial charge in [0, 0.05) is 25.8 Å². The van der Waals surface area contributed by atoms with E-state index >= 15 is 0 Å². The van der Waals surface area contributed by atoms with E-state index < -0.39 is 16.1 Å². The van der Waals surface area contributed by atoms with Crippen molar-refractivity contribution in [3.05, 3.63) is 18.2 Å². The van der Waals surface area contributed by atoms with E-state index in [1.165, 1.54) is 19.2 Å². The zero-order chi connectivity index (χ0) is 15.3. The Morgan fingerprint density at radius 1 is 1.33 bits per heavy atom. The van der Waals surface area contributed by atoms with E-state index in [0.29, 0.717) is 24.7 Å². The van der Waals surface area contributed by atoms with Crippen LogP contribution in [0, 0.1) is 0 Å². The first-order valence-electron chi connectivity index (χ1n) is 6.58. The molecule has 0 amide bonds. The highest BCUT2D eigenvalue weighted by Gasteiger charge is 2.22. The molecule has 0 spiro atoms. The summed E-state index contributed by atoms with van der Waals surface area (Å²) in [6.45, 7) is 0.895. The fourth-order valence-corrected chi connectivity index (χ4v) is 3.28. The third kappa shape index (κ3) is 4.07. The van der Waals surface area contributed by atoms with Gasteiger partial charge in [0.1, 0.15) is 13.2 Å². The molecule has 1 aromatic carbocycles. The van der Waals surface area contributed by atoms with Crippen LogP contribution in [0.2, 0.25) is 0 Å². The van der Waals surface area contributed by atoms with Crippen LogP contribution in [0.25, 0.3) is 0 Å². The molecule has 0 fully saturated rings. The molecule has 2 rings (SSSR count). The summed E-state index contributed by atoms with van der Waals surface area (Å²) in [5.74, 6) is 0.943. The van der Waals surface area contributed by atoms with Crippen molar-refractivity contribution in [1.82, 2.24) is 4.72 Å². The van der Waals surface area contributed by atoms with Crippen LogP contribution in [0.1, 0.15) is 6.42 Å². The van der Waals surface area contributed by atoms with E-state index in [0.717, 1.165) is 0 Å². The zero-order valence-electron chi connectivity index (χ0n) is 11.7. The van der Waals surface area contributed by atoms with Gasteiger partial charge in [-0.1, -0.05) is 0 Å². The number of hydrogen-bond acceptors (Lipinski definition) is 6. The van der Waals surface area contributed by atoms with Gasteiger partial charge in [0.25, 0.3) is 0 Å². The summed E-state index contributed by atoms with van der Waals surface area (Å²) in [6.07, 6.45) is 0.275. The van der Waals surface area contributed by atoms with Crippen LogP contribution < -0.4 is 14.2 Å². The maximum atomic E-state index is 12.3. The third-order valence-corrected chi connectivity index (χ3v) is 4.51. The molecular formula is C13H19NO6S. The predicted molar refractivity (Wildman–Crippen MR) is 75.1 cm³/mol. The summed E-state index contributed by atoms with van der Waals surface area (Å²) < 4.78 is 42.9. The van der Waals surface area contributed by atoms with Crippen molar-refractivity contribution in [3.8, 4) is 11.5 Å². The lowest BCUT2D eigenvalue weighted by Gasteiger charge is -2.20. The summed E-state index contributed by atoms with van der Waals surface area (Å²) in [4.78, 5) is 0.0887. The lowest BCUT2D eigenvalue weighted by molar-refractivity contribution is 0.158. The number of aliphatic hydroxyl groups excluding tert-OH is 1. The molecule has 0 saturated carbocycles. The molecule has 1 aliphatic rings. The second-order valence-electron chi connectivity index (χ2n) is 4.59. The number of sulfonamides is 1. The molecular weight excluding hydrogens is 298 g/mol. The minimum atomic E-state index is -3.71. The number of rotatable bonds is 7. The molecule has 0 aromatic heterocycles. The molecule has 0 saturated heterocycles. The van der Waals surface area contributed by atoms with Crippen LogP contribution in [0.4, 0.5) is 0 Å². The molecule has 1 aromatic rings. The van der Waals surface area contributed by atoms with Crippen LogP contribution in [0.3, 0.4) is 0 Å². The summed E-state index contributed by atoms with van der Waals surface area (Å²) in [5.41, 5.74) is 0. The standard InChI is InChI=1S/C13H19NO6S/c1-18-9-10(4-5-15)14-21(16,17)11-2-3-12-13(8-11)20-7-6-19-12/h2-3,8,10,14-15H,4-7,9H2,1H3. The summed E-state index contributed by atoms with van der Waals surface area (Å²) in [5, 5.41) is 8.96. The van der Waals surface area contributed by atoms with Gasteiger partial charge in [-0.3, -0.25) is 0 Å². The largest absolute Gasteiger partial charge is 0.486 e. The Balaban J connectivity index is 2.18. The van der Waals surface area contributed by atoms with Crippen molar-refractivity contribution < 1.29 is 27.7 Å². The average molecular weight is 317 g/mol. The molecule has 0 aliphatic carbocycles. The second-order valence-corrected chi connectivity index (χ2v) is 6.31. The molecule has 1 heterocycles. The molecule has 0 bridgehead atoms. The van der Waals surface area contributed by atoms with Gasteiger partial charge in [-0.15, -0.1) is 0 Å². The van der Waals surface area contributed by atoms with E-state index in [1.807, 2.05) is 0 Å². The summed E-state index contributed by atoms with van der Waals surface area (Å²) >= 11 is 0. The topological polar surface area (TPSA) is 94.1 Å². The van der Waals surface area contributed by atoms with Crippen molar-refractivity contribution >= 4 is 10.0 Å². The van der Waals surface area contributed by atoms with Gasteiger partial charge < -0.3 is 19.3 Å². The Morgan fingerprint density at radius 2 is 2.05 bits per heavy atom. The Kier molecular flexibility index (Phi) is 5.40. The molecule has 0 radical (unpaired) electrons. The molecule has 8 heteroatoms. The molecule has 7 nitrogen and oxygen atoms in total. The first-order valence-corrected chi connectivity index (χ1v) is 8.07. The number of aliphatic hydroxyl groups is 1. The first-order chi connectivity index (χ1) is 10.1. The molecule has 21 heavy (non-hydrogen) atoms. The van der Waals surface area contributed by atoms with Gasteiger partial charge in [-0.2, -0.15) is 0 Å². The van der Waals surface area contributed by atoms with Crippen molar-refractivity contribution in [2.75, 3.05) is 33.5 Å². The van der Waals surface area contributed by atoms with Crippen molar-refractivity contribution in [2.45, 2.75) is 17.4 Å². The minimum Gasteiger partial charge on any atom is -0.486 e. The van der Waals surface area contributed by atoms with Gasteiger partial charge in [0.05, 0.1) is 11.5 Å². The van der Waals surface area contributed by atoms with E-state index in [2.05, 4.69) is 4.72 Å². The van der Waals surface area contributed by atoms with Crippen molar-refractivity contribution in [2.24, 2.45) is 0 Å². The number of ether oxygens (including phenoxy) is 3. The maximum absolute atomic E-state index is 12.3. The Bertz CT molecular complexity index is 568. The summed E-state index contributed by atoms with van der Waals surface area (Å²) in [6, 6.07) is 3.97. The number of hydrogen-bond donors (Lipinski definition) is 2. The first kappa shape index (κ1) is 16.0. The van der Waals surface area contributed by atoms with Gasteiger partial charge in [-0.25, -0.2) is 13.1 Å². The quantitative estimate of drug-likeness (QED) is 0.742. The fraction of sp³-hybridized carbons (Fsp3) is 0.538. The van der Waals surface area contributed by atoms with E-state index in [-0.39, 0.29) is 24.5 Å². The van der Waals surface area contributed by atoms with Crippen molar-refractivity contribution in [3.63, 3.8) is 0 Å². The summed E-state index contributed by atoms with van der Waals surface area (Å²) in [7, 11) is -2.24. The molecule has 1 unspecified atom stereocenters. The van der Waals surface area contributed by atoms with Gasteiger partial charge in [0.15, 0.2) is 11.5 Å². The monoisotopic (exact) mass is 317 g/mol.